The molecule has 0 aromatic carbocycles. The Morgan fingerprint density at radius 2 is 2.06 bits per heavy atom. The number of aryl methyl sites for hydroxylation is 1. The molecule has 16 heavy (non-hydrogen) atoms. The molecule has 1 aromatic heterocycles. The molecule has 1 rings (SSSR count). The second-order valence-corrected chi connectivity index (χ2v) is 3.58. The van der Waals surface area contributed by atoms with Crippen LogP contribution in [0, 0.1) is 0 Å². The molecule has 90 valence electrons. The highest BCUT2D eigenvalue weighted by Crippen LogP contribution is 2.09. The van der Waals surface area contributed by atoms with Crippen LogP contribution < -0.4 is 5.32 Å². The standard InChI is InChI=1S/C12H21N3O/c1-4-7-10-8-11(13-5-2)15-12(14-10)9-16-6-3/h8H,4-7,9H2,1-3H3,(H,13,14,15). The minimum Gasteiger partial charge on any atom is -0.374 e. The van der Waals surface area contributed by atoms with Gasteiger partial charge >= 0.3 is 0 Å². The molecule has 0 fully saturated rings. The van der Waals surface area contributed by atoms with Crippen LogP contribution in [0.3, 0.4) is 0 Å². The first kappa shape index (κ1) is 12.9. The average molecular weight is 223 g/mol. The maximum absolute atomic E-state index is 5.33. The van der Waals surface area contributed by atoms with Crippen molar-refractivity contribution in [3.05, 3.63) is 17.6 Å². The van der Waals surface area contributed by atoms with Crippen molar-refractivity contribution in [3.8, 4) is 0 Å². The van der Waals surface area contributed by atoms with Gasteiger partial charge in [-0.2, -0.15) is 0 Å². The number of anilines is 1. The van der Waals surface area contributed by atoms with Gasteiger partial charge in [0.2, 0.25) is 0 Å². The van der Waals surface area contributed by atoms with Gasteiger partial charge in [-0.15, -0.1) is 0 Å². The number of nitrogens with zero attached hydrogens (tertiary/aromatic N) is 2. The molecule has 1 aromatic rings. The average Bonchev–Trinajstić information content (AvgIpc) is 2.27. The van der Waals surface area contributed by atoms with E-state index in [1.807, 2.05) is 13.0 Å². The van der Waals surface area contributed by atoms with Crippen LogP contribution in [0.25, 0.3) is 0 Å². The summed E-state index contributed by atoms with van der Waals surface area (Å²) in [4.78, 5) is 8.86. The Bertz CT molecular complexity index is 291. The van der Waals surface area contributed by atoms with Gasteiger partial charge in [-0.05, 0) is 20.3 Å². The Balaban J connectivity index is 2.80. The van der Waals surface area contributed by atoms with E-state index in [-0.39, 0.29) is 0 Å². The van der Waals surface area contributed by atoms with Crippen molar-refractivity contribution < 1.29 is 4.74 Å². The number of rotatable bonds is 7. The Hall–Kier alpha value is -1.16. The number of hydrogen-bond donors (Lipinski definition) is 1. The van der Waals surface area contributed by atoms with Crippen LogP contribution in [-0.4, -0.2) is 23.1 Å². The Kier molecular flexibility index (Phi) is 5.78. The molecule has 0 bridgehead atoms. The molecular weight excluding hydrogens is 202 g/mol. The lowest BCUT2D eigenvalue weighted by Gasteiger charge is -2.08. The predicted molar refractivity (Wildman–Crippen MR) is 65.5 cm³/mol. The van der Waals surface area contributed by atoms with E-state index in [1.54, 1.807) is 0 Å². The lowest BCUT2D eigenvalue weighted by atomic mass is 10.2. The SMILES string of the molecule is CCCc1cc(NCC)nc(COCC)n1. The van der Waals surface area contributed by atoms with Crippen LogP contribution in [0.5, 0.6) is 0 Å². The fourth-order valence-corrected chi connectivity index (χ4v) is 1.47. The highest BCUT2D eigenvalue weighted by molar-refractivity contribution is 5.35. The van der Waals surface area contributed by atoms with Gasteiger partial charge in [0, 0.05) is 24.9 Å². The molecular formula is C12H21N3O. The maximum atomic E-state index is 5.33. The van der Waals surface area contributed by atoms with E-state index in [9.17, 15) is 0 Å². The van der Waals surface area contributed by atoms with Gasteiger partial charge in [-0.1, -0.05) is 13.3 Å². The molecule has 0 saturated heterocycles. The summed E-state index contributed by atoms with van der Waals surface area (Å²) in [5.74, 6) is 1.67. The minimum absolute atomic E-state index is 0.493. The Morgan fingerprint density at radius 1 is 1.25 bits per heavy atom. The fraction of sp³-hybridized carbons (Fsp3) is 0.667. The van der Waals surface area contributed by atoms with Gasteiger partial charge in [-0.3, -0.25) is 0 Å². The number of ether oxygens (including phenoxy) is 1. The van der Waals surface area contributed by atoms with Crippen molar-refractivity contribution in [2.45, 2.75) is 40.2 Å². The summed E-state index contributed by atoms with van der Waals surface area (Å²) >= 11 is 0. The molecule has 0 spiro atoms. The molecule has 0 atom stereocenters. The highest BCUT2D eigenvalue weighted by atomic mass is 16.5. The van der Waals surface area contributed by atoms with Crippen molar-refractivity contribution in [1.29, 1.82) is 0 Å². The molecule has 0 amide bonds. The molecule has 0 aliphatic rings. The zero-order valence-electron chi connectivity index (χ0n) is 10.4. The van der Waals surface area contributed by atoms with Gasteiger partial charge in [0.15, 0.2) is 5.82 Å². The summed E-state index contributed by atoms with van der Waals surface area (Å²) < 4.78 is 5.33. The predicted octanol–water partition coefficient (Wildman–Crippen LogP) is 2.40. The van der Waals surface area contributed by atoms with Crippen LogP contribution >= 0.6 is 0 Å². The Morgan fingerprint density at radius 3 is 2.69 bits per heavy atom. The summed E-state index contributed by atoms with van der Waals surface area (Å²) in [6.45, 7) is 8.24. The first-order valence-electron chi connectivity index (χ1n) is 5.98. The molecule has 4 heteroatoms. The van der Waals surface area contributed by atoms with Gasteiger partial charge in [-0.25, -0.2) is 9.97 Å². The molecule has 0 aliphatic carbocycles. The number of aromatic nitrogens is 2. The van der Waals surface area contributed by atoms with E-state index in [4.69, 9.17) is 4.74 Å². The molecule has 0 aliphatic heterocycles. The van der Waals surface area contributed by atoms with E-state index in [0.717, 1.165) is 36.7 Å². The lowest BCUT2D eigenvalue weighted by molar-refractivity contribution is 0.128. The summed E-state index contributed by atoms with van der Waals surface area (Å²) in [6.07, 6.45) is 2.08. The monoisotopic (exact) mass is 223 g/mol. The first-order valence-corrected chi connectivity index (χ1v) is 5.98. The quantitative estimate of drug-likeness (QED) is 0.771. The van der Waals surface area contributed by atoms with Crippen molar-refractivity contribution in [2.75, 3.05) is 18.5 Å². The molecule has 0 radical (unpaired) electrons. The van der Waals surface area contributed by atoms with E-state index in [2.05, 4.69) is 29.1 Å². The molecule has 0 unspecified atom stereocenters. The zero-order chi connectivity index (χ0) is 11.8. The van der Waals surface area contributed by atoms with Crippen LogP contribution in [0.15, 0.2) is 6.07 Å². The van der Waals surface area contributed by atoms with Crippen LogP contribution in [-0.2, 0) is 17.8 Å². The smallest absolute Gasteiger partial charge is 0.156 e. The molecule has 1 heterocycles. The normalized spacial score (nSPS) is 10.4. The third kappa shape index (κ3) is 4.14. The van der Waals surface area contributed by atoms with Crippen LogP contribution in [0.4, 0.5) is 5.82 Å². The second kappa shape index (κ2) is 7.17. The topological polar surface area (TPSA) is 47.0 Å². The van der Waals surface area contributed by atoms with Crippen molar-refractivity contribution in [1.82, 2.24) is 9.97 Å². The number of hydrogen-bond acceptors (Lipinski definition) is 4. The van der Waals surface area contributed by atoms with Gasteiger partial charge in [0.05, 0.1) is 0 Å². The minimum atomic E-state index is 0.493. The zero-order valence-corrected chi connectivity index (χ0v) is 10.4. The first-order chi connectivity index (χ1) is 7.80. The van der Waals surface area contributed by atoms with Crippen molar-refractivity contribution in [3.63, 3.8) is 0 Å². The van der Waals surface area contributed by atoms with E-state index >= 15 is 0 Å². The van der Waals surface area contributed by atoms with Crippen molar-refractivity contribution >= 4 is 5.82 Å². The van der Waals surface area contributed by atoms with Gasteiger partial charge in [0.25, 0.3) is 0 Å². The molecule has 4 nitrogen and oxygen atoms in total. The van der Waals surface area contributed by atoms with Crippen molar-refractivity contribution in [2.24, 2.45) is 0 Å². The third-order valence-electron chi connectivity index (χ3n) is 2.12. The number of nitrogens with one attached hydrogen (secondary N) is 1. The van der Waals surface area contributed by atoms with Gasteiger partial charge in [0.1, 0.15) is 12.4 Å². The summed E-state index contributed by atoms with van der Waals surface area (Å²) in [7, 11) is 0. The maximum Gasteiger partial charge on any atom is 0.156 e. The van der Waals surface area contributed by atoms with E-state index < -0.39 is 0 Å². The summed E-state index contributed by atoms with van der Waals surface area (Å²) in [5, 5.41) is 3.22. The second-order valence-electron chi connectivity index (χ2n) is 3.58. The lowest BCUT2D eigenvalue weighted by Crippen LogP contribution is -2.07. The fourth-order valence-electron chi connectivity index (χ4n) is 1.47. The molecule has 1 N–H and O–H groups in total. The highest BCUT2D eigenvalue weighted by Gasteiger charge is 2.03. The van der Waals surface area contributed by atoms with Gasteiger partial charge < -0.3 is 10.1 Å². The van der Waals surface area contributed by atoms with E-state index in [0.29, 0.717) is 13.2 Å². The van der Waals surface area contributed by atoms with Crippen LogP contribution in [0.2, 0.25) is 0 Å². The Labute approximate surface area is 97.5 Å². The van der Waals surface area contributed by atoms with Crippen LogP contribution in [0.1, 0.15) is 38.7 Å². The largest absolute Gasteiger partial charge is 0.374 e. The third-order valence-corrected chi connectivity index (χ3v) is 2.12. The molecule has 0 saturated carbocycles. The summed E-state index contributed by atoms with van der Waals surface area (Å²) in [5.41, 5.74) is 1.09. The summed E-state index contributed by atoms with van der Waals surface area (Å²) in [6, 6.07) is 2.02. The van der Waals surface area contributed by atoms with E-state index in [1.165, 1.54) is 0 Å².